The average Bonchev–Trinajstić information content (AvgIpc) is 2.97. The van der Waals surface area contributed by atoms with Crippen molar-refractivity contribution in [3.05, 3.63) is 35.2 Å². The van der Waals surface area contributed by atoms with Gasteiger partial charge in [-0.05, 0) is 5.92 Å². The quantitative estimate of drug-likeness (QED) is 0.815. The number of anilines is 1. The van der Waals surface area contributed by atoms with Crippen molar-refractivity contribution in [3.63, 3.8) is 0 Å². The minimum Gasteiger partial charge on any atom is -0.380 e. The molecule has 0 fully saturated rings. The molecule has 0 aliphatic rings. The van der Waals surface area contributed by atoms with Gasteiger partial charge in [-0.1, -0.05) is 44.2 Å². The number of nitrogens with two attached hydrogens (primary N) is 1. The number of benzene rings is 1. The molecule has 124 valence electrons. The van der Waals surface area contributed by atoms with Gasteiger partial charge in [0.1, 0.15) is 0 Å². The number of nitrogens with one attached hydrogen (secondary N) is 1. The number of methoxy groups -OCH3 is 1. The molecule has 2 aromatic rings. The van der Waals surface area contributed by atoms with E-state index in [9.17, 15) is 4.79 Å². The SMILES string of the molecule is COC(CN)CC(=O)Nc1nc(-c2ccccc2)c(C(C)C)s1. The van der Waals surface area contributed by atoms with Gasteiger partial charge < -0.3 is 15.8 Å². The van der Waals surface area contributed by atoms with Crippen molar-refractivity contribution in [2.24, 2.45) is 5.73 Å². The highest BCUT2D eigenvalue weighted by Gasteiger charge is 2.18. The Morgan fingerprint density at radius 3 is 2.61 bits per heavy atom. The van der Waals surface area contributed by atoms with Crippen LogP contribution < -0.4 is 11.1 Å². The number of amides is 1. The molecule has 0 saturated heterocycles. The predicted molar refractivity (Wildman–Crippen MR) is 94.7 cm³/mol. The zero-order chi connectivity index (χ0) is 16.8. The Balaban J connectivity index is 2.19. The Kier molecular flexibility index (Phi) is 6.27. The minimum absolute atomic E-state index is 0.133. The predicted octanol–water partition coefficient (Wildman–Crippen LogP) is 3.24. The highest BCUT2D eigenvalue weighted by atomic mass is 32.1. The number of ether oxygens (including phenoxy) is 1. The zero-order valence-corrected chi connectivity index (χ0v) is 14.5. The van der Waals surface area contributed by atoms with E-state index in [1.54, 1.807) is 7.11 Å². The van der Waals surface area contributed by atoms with E-state index in [2.05, 4.69) is 24.1 Å². The summed E-state index contributed by atoms with van der Waals surface area (Å²) in [5, 5.41) is 3.47. The molecule has 0 spiro atoms. The third-order valence-corrected chi connectivity index (χ3v) is 4.75. The summed E-state index contributed by atoms with van der Waals surface area (Å²) in [6.07, 6.45) is -0.0438. The van der Waals surface area contributed by atoms with Crippen LogP contribution >= 0.6 is 11.3 Å². The molecule has 1 aromatic carbocycles. The number of carbonyl (C=O) groups excluding carboxylic acids is 1. The summed E-state index contributed by atoms with van der Waals surface area (Å²) in [5.74, 6) is 0.204. The van der Waals surface area contributed by atoms with Crippen LogP contribution in [0.4, 0.5) is 5.13 Å². The van der Waals surface area contributed by atoms with E-state index in [0.29, 0.717) is 17.6 Å². The normalized spacial score (nSPS) is 12.4. The summed E-state index contributed by atoms with van der Waals surface area (Å²) in [7, 11) is 1.55. The summed E-state index contributed by atoms with van der Waals surface area (Å²) in [6, 6.07) is 10.0. The van der Waals surface area contributed by atoms with Crippen molar-refractivity contribution in [1.82, 2.24) is 4.98 Å². The summed E-state index contributed by atoms with van der Waals surface area (Å²) >= 11 is 1.52. The maximum absolute atomic E-state index is 12.1. The van der Waals surface area contributed by atoms with Gasteiger partial charge in [0.15, 0.2) is 5.13 Å². The van der Waals surface area contributed by atoms with Crippen molar-refractivity contribution in [1.29, 1.82) is 0 Å². The van der Waals surface area contributed by atoms with Crippen molar-refractivity contribution in [3.8, 4) is 11.3 Å². The van der Waals surface area contributed by atoms with E-state index < -0.39 is 0 Å². The molecule has 0 bridgehead atoms. The third-order valence-electron chi connectivity index (χ3n) is 3.48. The molecular weight excluding hydrogens is 310 g/mol. The second kappa shape index (κ2) is 8.19. The molecule has 5 nitrogen and oxygen atoms in total. The maximum atomic E-state index is 12.1. The first-order valence-electron chi connectivity index (χ1n) is 7.64. The zero-order valence-electron chi connectivity index (χ0n) is 13.7. The topological polar surface area (TPSA) is 77.2 Å². The number of rotatable bonds is 7. The molecule has 1 atom stereocenters. The maximum Gasteiger partial charge on any atom is 0.228 e. The Morgan fingerprint density at radius 1 is 1.35 bits per heavy atom. The molecule has 0 aliphatic carbocycles. The van der Waals surface area contributed by atoms with Gasteiger partial charge in [-0.2, -0.15) is 0 Å². The summed E-state index contributed by atoms with van der Waals surface area (Å²) in [5.41, 5.74) is 7.54. The van der Waals surface area contributed by atoms with Crippen LogP contribution in [0.25, 0.3) is 11.3 Å². The number of hydrogen-bond acceptors (Lipinski definition) is 5. The highest BCUT2D eigenvalue weighted by Crippen LogP contribution is 2.36. The smallest absolute Gasteiger partial charge is 0.228 e. The molecule has 23 heavy (non-hydrogen) atoms. The minimum atomic E-state index is -0.270. The van der Waals surface area contributed by atoms with Crippen LogP contribution in [-0.4, -0.2) is 30.6 Å². The summed E-state index contributed by atoms with van der Waals surface area (Å²) in [4.78, 5) is 17.9. The first-order chi connectivity index (χ1) is 11.0. The van der Waals surface area contributed by atoms with E-state index in [-0.39, 0.29) is 18.4 Å². The van der Waals surface area contributed by atoms with E-state index in [1.807, 2.05) is 30.3 Å². The molecule has 1 amide bonds. The van der Waals surface area contributed by atoms with Crippen LogP contribution in [-0.2, 0) is 9.53 Å². The second-order valence-corrected chi connectivity index (χ2v) is 6.63. The molecule has 0 aliphatic heterocycles. The van der Waals surface area contributed by atoms with Gasteiger partial charge in [0.2, 0.25) is 5.91 Å². The molecule has 2 rings (SSSR count). The second-order valence-electron chi connectivity index (χ2n) is 5.60. The third kappa shape index (κ3) is 4.60. The Morgan fingerprint density at radius 2 is 2.04 bits per heavy atom. The van der Waals surface area contributed by atoms with Crippen molar-refractivity contribution in [2.45, 2.75) is 32.3 Å². The van der Waals surface area contributed by atoms with Crippen LogP contribution in [0, 0.1) is 0 Å². The Labute approximate surface area is 140 Å². The lowest BCUT2D eigenvalue weighted by Crippen LogP contribution is -2.28. The van der Waals surface area contributed by atoms with Gasteiger partial charge in [0.25, 0.3) is 0 Å². The van der Waals surface area contributed by atoms with Gasteiger partial charge in [-0.25, -0.2) is 4.98 Å². The van der Waals surface area contributed by atoms with Crippen LogP contribution in [0.15, 0.2) is 30.3 Å². The highest BCUT2D eigenvalue weighted by molar-refractivity contribution is 7.16. The van der Waals surface area contributed by atoms with Crippen LogP contribution in [0.1, 0.15) is 31.1 Å². The average molecular weight is 333 g/mol. The molecule has 1 unspecified atom stereocenters. The molecule has 0 saturated carbocycles. The monoisotopic (exact) mass is 333 g/mol. The molecule has 0 radical (unpaired) electrons. The van der Waals surface area contributed by atoms with Crippen LogP contribution in [0.2, 0.25) is 0 Å². The number of aromatic nitrogens is 1. The fourth-order valence-corrected chi connectivity index (χ4v) is 3.23. The fourth-order valence-electron chi connectivity index (χ4n) is 2.22. The van der Waals surface area contributed by atoms with E-state index in [1.165, 1.54) is 11.3 Å². The molecule has 6 heteroatoms. The first kappa shape index (κ1) is 17.6. The standard InChI is InChI=1S/C17H23N3O2S/c1-11(2)16-15(12-7-5-4-6-8-12)20-17(23-16)19-14(21)9-13(10-18)22-3/h4-8,11,13H,9-10,18H2,1-3H3,(H,19,20,21). The summed E-state index contributed by atoms with van der Waals surface area (Å²) < 4.78 is 5.14. The lowest BCUT2D eigenvalue weighted by molar-refractivity contribution is -0.118. The van der Waals surface area contributed by atoms with Crippen molar-refractivity contribution < 1.29 is 9.53 Å². The number of carbonyl (C=O) groups is 1. The van der Waals surface area contributed by atoms with Gasteiger partial charge >= 0.3 is 0 Å². The number of thiazole rings is 1. The van der Waals surface area contributed by atoms with Gasteiger partial charge in [0, 0.05) is 24.1 Å². The first-order valence-corrected chi connectivity index (χ1v) is 8.45. The molecule has 1 heterocycles. The largest absolute Gasteiger partial charge is 0.380 e. The Bertz CT molecular complexity index is 637. The number of hydrogen-bond donors (Lipinski definition) is 2. The lowest BCUT2D eigenvalue weighted by Gasteiger charge is -2.11. The van der Waals surface area contributed by atoms with E-state index in [0.717, 1.165) is 16.1 Å². The van der Waals surface area contributed by atoms with E-state index in [4.69, 9.17) is 10.5 Å². The van der Waals surface area contributed by atoms with Crippen molar-refractivity contribution >= 4 is 22.4 Å². The molecule has 3 N–H and O–H groups in total. The molecular formula is C17H23N3O2S. The van der Waals surface area contributed by atoms with Crippen molar-refractivity contribution in [2.75, 3.05) is 19.0 Å². The van der Waals surface area contributed by atoms with Gasteiger partial charge in [-0.3, -0.25) is 4.79 Å². The summed E-state index contributed by atoms with van der Waals surface area (Å²) in [6.45, 7) is 4.57. The van der Waals surface area contributed by atoms with Crippen LogP contribution in [0.5, 0.6) is 0 Å². The van der Waals surface area contributed by atoms with Crippen LogP contribution in [0.3, 0.4) is 0 Å². The van der Waals surface area contributed by atoms with Gasteiger partial charge in [0.05, 0.1) is 18.2 Å². The number of nitrogens with zero attached hydrogens (tertiary/aromatic N) is 1. The van der Waals surface area contributed by atoms with Gasteiger partial charge in [-0.15, -0.1) is 11.3 Å². The molecule has 1 aromatic heterocycles. The fraction of sp³-hybridized carbons (Fsp3) is 0.412. The van der Waals surface area contributed by atoms with E-state index >= 15 is 0 Å². The lowest BCUT2D eigenvalue weighted by atomic mass is 10.1. The Hall–Kier alpha value is -1.76.